The number of imidazole rings is 1. The number of aryl methyl sites for hydroxylation is 2. The number of hydrogen-bond acceptors (Lipinski definition) is 5. The number of aromatic nitrogens is 4. The molecule has 2 fully saturated rings. The van der Waals surface area contributed by atoms with Crippen molar-refractivity contribution in [1.82, 2.24) is 19.2 Å². The van der Waals surface area contributed by atoms with Gasteiger partial charge in [-0.05, 0) is 31.0 Å². The third-order valence-electron chi connectivity index (χ3n) is 6.24. The van der Waals surface area contributed by atoms with Gasteiger partial charge in [0.25, 0.3) is 5.56 Å². The van der Waals surface area contributed by atoms with E-state index >= 15 is 0 Å². The summed E-state index contributed by atoms with van der Waals surface area (Å²) in [6, 6.07) is 12.0. The van der Waals surface area contributed by atoms with E-state index in [9.17, 15) is 4.79 Å². The molecule has 0 N–H and O–H groups in total. The lowest BCUT2D eigenvalue weighted by Crippen LogP contribution is -2.43. The highest BCUT2D eigenvalue weighted by atomic mass is 16.5. The van der Waals surface area contributed by atoms with Gasteiger partial charge in [-0.3, -0.25) is 4.79 Å². The minimum atomic E-state index is -0.0364. The van der Waals surface area contributed by atoms with Crippen molar-refractivity contribution >= 4 is 22.1 Å². The Labute approximate surface area is 173 Å². The summed E-state index contributed by atoms with van der Waals surface area (Å²) in [4.78, 5) is 20.3. The molecule has 2 aliphatic heterocycles. The van der Waals surface area contributed by atoms with E-state index in [1.165, 1.54) is 0 Å². The highest BCUT2D eigenvalue weighted by Gasteiger charge is 2.34. The number of ether oxygens (including phenoxy) is 1. The molecule has 2 aliphatic rings. The SMILES string of the molecule is O=c1c2c(N3CC4CCC(C3)O4)cccc2cnn1CCc1cn2ccccc2n1. The van der Waals surface area contributed by atoms with Crippen LogP contribution in [0, 0.1) is 0 Å². The summed E-state index contributed by atoms with van der Waals surface area (Å²) in [5, 5.41) is 6.07. The van der Waals surface area contributed by atoms with Crippen LogP contribution in [0.1, 0.15) is 18.5 Å². The fourth-order valence-electron chi connectivity index (χ4n) is 4.77. The number of morpholine rings is 1. The van der Waals surface area contributed by atoms with Crippen LogP contribution in [0.5, 0.6) is 0 Å². The molecular weight excluding hydrogens is 378 g/mol. The second-order valence-electron chi connectivity index (χ2n) is 8.23. The highest BCUT2D eigenvalue weighted by Crippen LogP contribution is 2.32. The van der Waals surface area contributed by atoms with Crippen LogP contribution in [0.4, 0.5) is 5.69 Å². The zero-order valence-electron chi connectivity index (χ0n) is 16.6. The Kier molecular flexibility index (Phi) is 4.09. The molecule has 0 aliphatic carbocycles. The molecule has 3 aromatic heterocycles. The van der Waals surface area contributed by atoms with Crippen LogP contribution in [0.25, 0.3) is 16.4 Å². The van der Waals surface area contributed by atoms with Crippen molar-refractivity contribution in [3.63, 3.8) is 0 Å². The standard InChI is InChI=1S/C23H23N5O2/c29-23-22-16(4-3-5-20(22)27-14-18-7-8-19(15-27)30-18)12-24-28(23)11-9-17-13-26-10-2-1-6-21(26)25-17/h1-6,10,12-13,18-19H,7-9,11,14-15H2. The number of benzene rings is 1. The molecule has 30 heavy (non-hydrogen) atoms. The minimum absolute atomic E-state index is 0.0364. The maximum atomic E-state index is 13.4. The first kappa shape index (κ1) is 17.7. The quantitative estimate of drug-likeness (QED) is 0.526. The second-order valence-corrected chi connectivity index (χ2v) is 8.23. The van der Waals surface area contributed by atoms with Gasteiger partial charge in [-0.1, -0.05) is 18.2 Å². The van der Waals surface area contributed by atoms with E-state index in [1.54, 1.807) is 10.9 Å². The Hall–Kier alpha value is -3.19. The van der Waals surface area contributed by atoms with Gasteiger partial charge in [0, 0.05) is 37.3 Å². The summed E-state index contributed by atoms with van der Waals surface area (Å²) in [6.07, 6.45) is 9.22. The van der Waals surface area contributed by atoms with Crippen molar-refractivity contribution in [2.45, 2.75) is 38.0 Å². The molecule has 0 radical (unpaired) electrons. The molecule has 0 saturated carbocycles. The van der Waals surface area contributed by atoms with Crippen LogP contribution in [0.2, 0.25) is 0 Å². The summed E-state index contributed by atoms with van der Waals surface area (Å²) in [7, 11) is 0. The third kappa shape index (κ3) is 2.97. The molecule has 6 rings (SSSR count). The lowest BCUT2D eigenvalue weighted by molar-refractivity contribution is 0.0306. The van der Waals surface area contributed by atoms with Crippen molar-refractivity contribution in [2.24, 2.45) is 0 Å². The summed E-state index contributed by atoms with van der Waals surface area (Å²) < 4.78 is 9.55. The van der Waals surface area contributed by atoms with E-state index in [-0.39, 0.29) is 17.8 Å². The number of fused-ring (bicyclic) bond motifs is 4. The summed E-state index contributed by atoms with van der Waals surface area (Å²) >= 11 is 0. The Balaban J connectivity index is 1.33. The van der Waals surface area contributed by atoms with Crippen molar-refractivity contribution in [3.8, 4) is 0 Å². The predicted molar refractivity (Wildman–Crippen MR) is 115 cm³/mol. The summed E-state index contributed by atoms with van der Waals surface area (Å²) in [6.45, 7) is 2.19. The van der Waals surface area contributed by atoms with Gasteiger partial charge in [0.2, 0.25) is 0 Å². The largest absolute Gasteiger partial charge is 0.371 e. The lowest BCUT2D eigenvalue weighted by atomic mass is 10.1. The van der Waals surface area contributed by atoms with Gasteiger partial charge in [0.1, 0.15) is 5.65 Å². The molecule has 1 aromatic carbocycles. The van der Waals surface area contributed by atoms with E-state index in [0.29, 0.717) is 13.0 Å². The highest BCUT2D eigenvalue weighted by molar-refractivity contribution is 5.93. The number of hydrogen-bond donors (Lipinski definition) is 0. The molecule has 2 atom stereocenters. The molecule has 7 heteroatoms. The maximum absolute atomic E-state index is 13.4. The Morgan fingerprint density at radius 3 is 2.77 bits per heavy atom. The fourth-order valence-corrected chi connectivity index (χ4v) is 4.77. The normalized spacial score (nSPS) is 21.0. The van der Waals surface area contributed by atoms with E-state index < -0.39 is 0 Å². The maximum Gasteiger partial charge on any atom is 0.276 e. The number of nitrogens with zero attached hydrogens (tertiary/aromatic N) is 5. The molecule has 2 unspecified atom stereocenters. The van der Waals surface area contributed by atoms with Crippen molar-refractivity contribution in [2.75, 3.05) is 18.0 Å². The van der Waals surface area contributed by atoms with Crippen LogP contribution in [0.3, 0.4) is 0 Å². The van der Waals surface area contributed by atoms with Crippen molar-refractivity contribution in [1.29, 1.82) is 0 Å². The lowest BCUT2D eigenvalue weighted by Gasteiger charge is -2.34. The summed E-state index contributed by atoms with van der Waals surface area (Å²) in [5.41, 5.74) is 2.83. The minimum Gasteiger partial charge on any atom is -0.371 e. The smallest absolute Gasteiger partial charge is 0.276 e. The van der Waals surface area contributed by atoms with Gasteiger partial charge in [-0.2, -0.15) is 5.10 Å². The first-order valence-corrected chi connectivity index (χ1v) is 10.6. The monoisotopic (exact) mass is 401 g/mol. The van der Waals surface area contributed by atoms with Gasteiger partial charge in [0.05, 0.1) is 41.7 Å². The van der Waals surface area contributed by atoms with Crippen molar-refractivity contribution < 1.29 is 4.74 Å². The average molecular weight is 401 g/mol. The number of rotatable bonds is 4. The first-order chi connectivity index (χ1) is 14.7. The third-order valence-corrected chi connectivity index (χ3v) is 6.24. The first-order valence-electron chi connectivity index (χ1n) is 10.6. The Morgan fingerprint density at radius 1 is 1.07 bits per heavy atom. The van der Waals surface area contributed by atoms with Crippen LogP contribution >= 0.6 is 0 Å². The van der Waals surface area contributed by atoms with Gasteiger partial charge >= 0.3 is 0 Å². The van der Waals surface area contributed by atoms with Crippen LogP contribution in [0.15, 0.2) is 59.8 Å². The van der Waals surface area contributed by atoms with E-state index in [4.69, 9.17) is 4.74 Å². The van der Waals surface area contributed by atoms with Crippen molar-refractivity contribution in [3.05, 3.63) is 71.0 Å². The topological polar surface area (TPSA) is 64.7 Å². The fraction of sp³-hybridized carbons (Fsp3) is 0.348. The van der Waals surface area contributed by atoms with E-state index in [0.717, 1.165) is 53.7 Å². The van der Waals surface area contributed by atoms with E-state index in [1.807, 2.05) is 47.1 Å². The predicted octanol–water partition coefficient (Wildman–Crippen LogP) is 2.65. The number of anilines is 1. The zero-order chi connectivity index (χ0) is 20.1. The van der Waals surface area contributed by atoms with Crippen LogP contribution < -0.4 is 10.5 Å². The van der Waals surface area contributed by atoms with Gasteiger partial charge in [-0.25, -0.2) is 9.67 Å². The van der Waals surface area contributed by atoms with Gasteiger partial charge in [-0.15, -0.1) is 0 Å². The molecule has 0 amide bonds. The Morgan fingerprint density at radius 2 is 1.93 bits per heavy atom. The molecule has 5 heterocycles. The number of pyridine rings is 1. The second kappa shape index (κ2) is 6.95. The summed E-state index contributed by atoms with van der Waals surface area (Å²) in [5.74, 6) is 0. The van der Waals surface area contributed by atoms with Crippen LogP contribution in [-0.4, -0.2) is 44.5 Å². The van der Waals surface area contributed by atoms with Gasteiger partial charge < -0.3 is 14.0 Å². The molecule has 2 bridgehead atoms. The zero-order valence-corrected chi connectivity index (χ0v) is 16.6. The molecular formula is C23H23N5O2. The average Bonchev–Trinajstić information content (AvgIpc) is 3.34. The molecule has 152 valence electrons. The van der Waals surface area contributed by atoms with Crippen LogP contribution in [-0.2, 0) is 17.7 Å². The van der Waals surface area contributed by atoms with Gasteiger partial charge in [0.15, 0.2) is 0 Å². The van der Waals surface area contributed by atoms with E-state index in [2.05, 4.69) is 21.0 Å². The molecule has 2 saturated heterocycles. The molecule has 4 aromatic rings. The molecule has 7 nitrogen and oxygen atoms in total. The Bertz CT molecular complexity index is 1250. The molecule has 0 spiro atoms.